The molecule has 0 aromatic rings. The van der Waals surface area contributed by atoms with E-state index < -0.39 is 0 Å². The molecule has 0 amide bonds. The van der Waals surface area contributed by atoms with Gasteiger partial charge >= 0.3 is 0 Å². The van der Waals surface area contributed by atoms with Crippen LogP contribution < -0.4 is 5.32 Å². The summed E-state index contributed by atoms with van der Waals surface area (Å²) in [5.74, 6) is 0.637. The van der Waals surface area contributed by atoms with Gasteiger partial charge in [0.25, 0.3) is 0 Å². The lowest BCUT2D eigenvalue weighted by molar-refractivity contribution is 0.121. The number of likely N-dealkylation sites (N-methyl/N-ethyl adjacent to an activating group) is 1. The van der Waals surface area contributed by atoms with E-state index in [-0.39, 0.29) is 12.6 Å². The molecule has 0 aliphatic carbocycles. The van der Waals surface area contributed by atoms with Gasteiger partial charge < -0.3 is 15.2 Å². The zero-order valence-corrected chi connectivity index (χ0v) is 11.2. The highest BCUT2D eigenvalue weighted by atomic mass is 16.5. The number of aliphatic hydroxyl groups excluding tert-OH is 1. The first kappa shape index (κ1) is 15.8. The van der Waals surface area contributed by atoms with Gasteiger partial charge in [-0.2, -0.15) is 0 Å². The van der Waals surface area contributed by atoms with Crippen LogP contribution in [0.1, 0.15) is 20.8 Å². The zero-order valence-electron chi connectivity index (χ0n) is 11.2. The van der Waals surface area contributed by atoms with Gasteiger partial charge in [-0.05, 0) is 12.5 Å². The molecule has 0 heterocycles. The molecule has 2 N–H and O–H groups in total. The van der Waals surface area contributed by atoms with E-state index in [2.05, 4.69) is 31.0 Å². The van der Waals surface area contributed by atoms with Gasteiger partial charge in [0.1, 0.15) is 0 Å². The SMILES string of the molecule is CCNC(CO)CN(CCOC)CC(C)C. The number of rotatable bonds is 10. The molecule has 0 rings (SSSR count). The highest BCUT2D eigenvalue weighted by Crippen LogP contribution is 2.00. The molecule has 0 aromatic heterocycles. The number of ether oxygens (including phenoxy) is 1. The second kappa shape index (κ2) is 10.0. The number of nitrogens with zero attached hydrogens (tertiary/aromatic N) is 1. The molecule has 0 fully saturated rings. The molecule has 0 saturated heterocycles. The van der Waals surface area contributed by atoms with Gasteiger partial charge in [0.15, 0.2) is 0 Å². The van der Waals surface area contributed by atoms with E-state index in [9.17, 15) is 5.11 Å². The van der Waals surface area contributed by atoms with Gasteiger partial charge in [-0.3, -0.25) is 4.90 Å². The summed E-state index contributed by atoms with van der Waals surface area (Å²) < 4.78 is 5.10. The lowest BCUT2D eigenvalue weighted by atomic mass is 10.2. The Labute approximate surface area is 100.0 Å². The first-order chi connectivity index (χ1) is 7.63. The molecule has 98 valence electrons. The standard InChI is InChI=1S/C12H28N2O2/c1-5-13-12(10-15)9-14(6-7-16-4)8-11(2)3/h11-13,15H,5-10H2,1-4H3. The van der Waals surface area contributed by atoms with Crippen molar-refractivity contribution < 1.29 is 9.84 Å². The molecule has 0 aromatic carbocycles. The maximum atomic E-state index is 9.25. The normalized spacial score (nSPS) is 13.7. The minimum Gasteiger partial charge on any atom is -0.395 e. The van der Waals surface area contributed by atoms with Crippen LogP contribution in [0.15, 0.2) is 0 Å². The summed E-state index contributed by atoms with van der Waals surface area (Å²) in [7, 11) is 1.72. The molecule has 0 aliphatic rings. The van der Waals surface area contributed by atoms with Crippen LogP contribution >= 0.6 is 0 Å². The maximum Gasteiger partial charge on any atom is 0.0597 e. The van der Waals surface area contributed by atoms with E-state index in [0.717, 1.165) is 32.8 Å². The largest absolute Gasteiger partial charge is 0.395 e. The monoisotopic (exact) mass is 232 g/mol. The van der Waals surface area contributed by atoms with Crippen LogP contribution in [0.3, 0.4) is 0 Å². The van der Waals surface area contributed by atoms with Crippen LogP contribution in [-0.2, 0) is 4.74 Å². The van der Waals surface area contributed by atoms with Crippen molar-refractivity contribution >= 4 is 0 Å². The topological polar surface area (TPSA) is 44.7 Å². The average Bonchev–Trinajstić information content (AvgIpc) is 2.24. The van der Waals surface area contributed by atoms with Crippen molar-refractivity contribution in [2.75, 3.05) is 46.5 Å². The number of methoxy groups -OCH3 is 1. The van der Waals surface area contributed by atoms with E-state index in [1.807, 2.05) is 0 Å². The lowest BCUT2D eigenvalue weighted by Crippen LogP contribution is -2.45. The van der Waals surface area contributed by atoms with Crippen LogP contribution in [0.2, 0.25) is 0 Å². The van der Waals surface area contributed by atoms with E-state index in [0.29, 0.717) is 5.92 Å². The van der Waals surface area contributed by atoms with Gasteiger partial charge in [0.05, 0.1) is 13.2 Å². The summed E-state index contributed by atoms with van der Waals surface area (Å²) in [6.07, 6.45) is 0. The predicted molar refractivity (Wildman–Crippen MR) is 67.7 cm³/mol. The fourth-order valence-electron chi connectivity index (χ4n) is 1.78. The second-order valence-corrected chi connectivity index (χ2v) is 4.58. The van der Waals surface area contributed by atoms with Crippen LogP contribution in [0.5, 0.6) is 0 Å². The Balaban J connectivity index is 4.04. The van der Waals surface area contributed by atoms with Gasteiger partial charge in [-0.15, -0.1) is 0 Å². The molecular formula is C12H28N2O2. The quantitative estimate of drug-likeness (QED) is 0.578. The van der Waals surface area contributed by atoms with Crippen molar-refractivity contribution in [1.82, 2.24) is 10.2 Å². The van der Waals surface area contributed by atoms with E-state index in [1.54, 1.807) is 7.11 Å². The Morgan fingerprint density at radius 1 is 1.31 bits per heavy atom. The second-order valence-electron chi connectivity index (χ2n) is 4.58. The number of aliphatic hydroxyl groups is 1. The summed E-state index contributed by atoms with van der Waals surface area (Å²) in [6.45, 7) is 11.2. The zero-order chi connectivity index (χ0) is 12.4. The number of hydrogen-bond donors (Lipinski definition) is 2. The van der Waals surface area contributed by atoms with Gasteiger partial charge in [0.2, 0.25) is 0 Å². The van der Waals surface area contributed by atoms with Crippen molar-refractivity contribution in [1.29, 1.82) is 0 Å². The summed E-state index contributed by atoms with van der Waals surface area (Å²) in [5, 5.41) is 12.5. The van der Waals surface area contributed by atoms with Crippen molar-refractivity contribution in [2.45, 2.75) is 26.8 Å². The first-order valence-electron chi connectivity index (χ1n) is 6.19. The first-order valence-corrected chi connectivity index (χ1v) is 6.19. The molecule has 4 heteroatoms. The third-order valence-electron chi connectivity index (χ3n) is 2.43. The third kappa shape index (κ3) is 8.05. The lowest BCUT2D eigenvalue weighted by Gasteiger charge is -2.28. The van der Waals surface area contributed by atoms with Crippen LogP contribution in [0.25, 0.3) is 0 Å². The molecule has 0 bridgehead atoms. The molecule has 1 atom stereocenters. The van der Waals surface area contributed by atoms with Crippen LogP contribution in [0.4, 0.5) is 0 Å². The fraction of sp³-hybridized carbons (Fsp3) is 1.00. The average molecular weight is 232 g/mol. The number of hydrogen-bond acceptors (Lipinski definition) is 4. The Kier molecular flexibility index (Phi) is 9.92. The van der Waals surface area contributed by atoms with Crippen LogP contribution in [0, 0.1) is 5.92 Å². The third-order valence-corrected chi connectivity index (χ3v) is 2.43. The van der Waals surface area contributed by atoms with Crippen molar-refractivity contribution in [2.24, 2.45) is 5.92 Å². The summed E-state index contributed by atoms with van der Waals surface area (Å²) in [4.78, 5) is 2.34. The molecule has 0 aliphatic heterocycles. The number of nitrogens with one attached hydrogen (secondary N) is 1. The van der Waals surface area contributed by atoms with Gasteiger partial charge in [0, 0.05) is 32.8 Å². The van der Waals surface area contributed by atoms with E-state index in [1.165, 1.54) is 0 Å². The highest BCUT2D eigenvalue weighted by molar-refractivity contribution is 4.71. The molecule has 4 nitrogen and oxygen atoms in total. The maximum absolute atomic E-state index is 9.25. The smallest absolute Gasteiger partial charge is 0.0597 e. The molecule has 16 heavy (non-hydrogen) atoms. The van der Waals surface area contributed by atoms with Crippen molar-refractivity contribution in [3.05, 3.63) is 0 Å². The van der Waals surface area contributed by atoms with Crippen molar-refractivity contribution in [3.63, 3.8) is 0 Å². The molecule has 0 spiro atoms. The Morgan fingerprint density at radius 2 is 2.00 bits per heavy atom. The van der Waals surface area contributed by atoms with Crippen molar-refractivity contribution in [3.8, 4) is 0 Å². The fourth-order valence-corrected chi connectivity index (χ4v) is 1.78. The Hall–Kier alpha value is -0.160. The Morgan fingerprint density at radius 3 is 2.44 bits per heavy atom. The molecule has 0 radical (unpaired) electrons. The van der Waals surface area contributed by atoms with Gasteiger partial charge in [-0.1, -0.05) is 20.8 Å². The summed E-state index contributed by atoms with van der Waals surface area (Å²) in [5.41, 5.74) is 0. The minimum absolute atomic E-state index is 0.167. The highest BCUT2D eigenvalue weighted by Gasteiger charge is 2.13. The predicted octanol–water partition coefficient (Wildman–Crippen LogP) is 0.561. The Bertz CT molecular complexity index is 154. The van der Waals surface area contributed by atoms with E-state index in [4.69, 9.17) is 4.74 Å². The minimum atomic E-state index is 0.167. The summed E-state index contributed by atoms with van der Waals surface area (Å²) >= 11 is 0. The van der Waals surface area contributed by atoms with Crippen LogP contribution in [-0.4, -0.2) is 62.6 Å². The molecule has 1 unspecified atom stereocenters. The summed E-state index contributed by atoms with van der Waals surface area (Å²) in [6, 6.07) is 0.167. The van der Waals surface area contributed by atoms with Gasteiger partial charge in [-0.25, -0.2) is 0 Å². The molecule has 0 saturated carbocycles. The van der Waals surface area contributed by atoms with E-state index >= 15 is 0 Å². The molecular weight excluding hydrogens is 204 g/mol.